The summed E-state index contributed by atoms with van der Waals surface area (Å²) < 4.78 is 29.7. The molecular weight excluding hydrogens is 230 g/mol. The van der Waals surface area contributed by atoms with Gasteiger partial charge in [-0.2, -0.15) is 0 Å². The predicted octanol–water partition coefficient (Wildman–Crippen LogP) is 1.05. The highest BCUT2D eigenvalue weighted by Gasteiger charge is 2.10. The standard InChI is InChI=1S/C10H21NO4S/c1-3-4-5-8-11-16(13,14)9-6-7-10(12)15-2/h11H,3-9H2,1-2H3. The lowest BCUT2D eigenvalue weighted by Gasteiger charge is -2.05. The third kappa shape index (κ3) is 8.67. The van der Waals surface area contributed by atoms with Gasteiger partial charge < -0.3 is 4.74 Å². The van der Waals surface area contributed by atoms with E-state index in [1.165, 1.54) is 7.11 Å². The number of hydrogen-bond donors (Lipinski definition) is 1. The third-order valence-corrected chi connectivity index (χ3v) is 3.59. The van der Waals surface area contributed by atoms with Crippen LogP contribution >= 0.6 is 0 Å². The summed E-state index contributed by atoms with van der Waals surface area (Å²) >= 11 is 0. The number of nitrogens with one attached hydrogen (secondary N) is 1. The first-order chi connectivity index (χ1) is 7.52. The summed E-state index contributed by atoms with van der Waals surface area (Å²) in [6.07, 6.45) is 3.38. The van der Waals surface area contributed by atoms with Crippen molar-refractivity contribution in [2.75, 3.05) is 19.4 Å². The van der Waals surface area contributed by atoms with E-state index in [4.69, 9.17) is 0 Å². The Morgan fingerprint density at radius 1 is 1.25 bits per heavy atom. The Morgan fingerprint density at radius 2 is 1.94 bits per heavy atom. The van der Waals surface area contributed by atoms with Crippen molar-refractivity contribution < 1.29 is 17.9 Å². The third-order valence-electron chi connectivity index (χ3n) is 2.12. The molecule has 0 spiro atoms. The Hall–Kier alpha value is -0.620. The lowest BCUT2D eigenvalue weighted by atomic mass is 10.3. The molecule has 0 aromatic rings. The zero-order valence-corrected chi connectivity index (χ0v) is 10.8. The predicted molar refractivity (Wildman–Crippen MR) is 62.6 cm³/mol. The Balaban J connectivity index is 3.66. The number of methoxy groups -OCH3 is 1. The second kappa shape index (κ2) is 8.52. The lowest BCUT2D eigenvalue weighted by Crippen LogP contribution is -2.27. The Morgan fingerprint density at radius 3 is 2.50 bits per heavy atom. The summed E-state index contributed by atoms with van der Waals surface area (Å²) in [5.41, 5.74) is 0. The molecule has 0 atom stereocenters. The van der Waals surface area contributed by atoms with Crippen molar-refractivity contribution in [2.24, 2.45) is 0 Å². The van der Waals surface area contributed by atoms with Gasteiger partial charge in [-0.3, -0.25) is 4.79 Å². The first kappa shape index (κ1) is 15.4. The molecule has 0 aliphatic rings. The molecular formula is C10H21NO4S. The number of carbonyl (C=O) groups is 1. The van der Waals surface area contributed by atoms with Crippen LogP contribution in [0.2, 0.25) is 0 Å². The lowest BCUT2D eigenvalue weighted by molar-refractivity contribution is -0.140. The molecule has 0 heterocycles. The maximum absolute atomic E-state index is 11.4. The highest BCUT2D eigenvalue weighted by molar-refractivity contribution is 7.89. The molecule has 0 amide bonds. The Labute approximate surface area is 97.6 Å². The molecule has 1 N–H and O–H groups in total. The van der Waals surface area contributed by atoms with E-state index in [9.17, 15) is 13.2 Å². The average Bonchev–Trinajstić information content (AvgIpc) is 2.24. The van der Waals surface area contributed by atoms with Gasteiger partial charge in [0.05, 0.1) is 12.9 Å². The highest BCUT2D eigenvalue weighted by atomic mass is 32.2. The topological polar surface area (TPSA) is 72.5 Å². The zero-order valence-electron chi connectivity index (χ0n) is 9.99. The molecule has 96 valence electrons. The molecule has 0 rings (SSSR count). The first-order valence-corrected chi connectivity index (χ1v) is 7.21. The van der Waals surface area contributed by atoms with Gasteiger partial charge in [0.1, 0.15) is 0 Å². The molecule has 0 saturated carbocycles. The van der Waals surface area contributed by atoms with Gasteiger partial charge >= 0.3 is 5.97 Å². The second-order valence-corrected chi connectivity index (χ2v) is 5.53. The summed E-state index contributed by atoms with van der Waals surface area (Å²) in [6, 6.07) is 0. The van der Waals surface area contributed by atoms with Crippen LogP contribution in [-0.4, -0.2) is 33.8 Å². The van der Waals surface area contributed by atoms with Gasteiger partial charge in [0.2, 0.25) is 10.0 Å². The fourth-order valence-electron chi connectivity index (χ4n) is 1.18. The summed E-state index contributed by atoms with van der Waals surface area (Å²) in [5.74, 6) is -0.394. The minimum atomic E-state index is -3.22. The number of sulfonamides is 1. The largest absolute Gasteiger partial charge is 0.469 e. The monoisotopic (exact) mass is 251 g/mol. The van der Waals surface area contributed by atoms with Crippen molar-refractivity contribution in [1.29, 1.82) is 0 Å². The van der Waals surface area contributed by atoms with Crippen molar-refractivity contribution in [2.45, 2.75) is 39.0 Å². The van der Waals surface area contributed by atoms with Gasteiger partial charge in [-0.25, -0.2) is 13.1 Å². The Kier molecular flexibility index (Phi) is 8.19. The van der Waals surface area contributed by atoms with Crippen molar-refractivity contribution >= 4 is 16.0 Å². The van der Waals surface area contributed by atoms with Crippen LogP contribution in [0.5, 0.6) is 0 Å². The molecule has 5 nitrogen and oxygen atoms in total. The number of ether oxygens (including phenoxy) is 1. The minimum Gasteiger partial charge on any atom is -0.469 e. The van der Waals surface area contributed by atoms with E-state index >= 15 is 0 Å². The smallest absolute Gasteiger partial charge is 0.305 e. The summed E-state index contributed by atoms with van der Waals surface area (Å²) in [7, 11) is -1.93. The molecule has 0 aliphatic carbocycles. The zero-order chi connectivity index (χ0) is 12.4. The fourth-order valence-corrected chi connectivity index (χ4v) is 2.31. The van der Waals surface area contributed by atoms with Crippen LogP contribution in [-0.2, 0) is 19.6 Å². The maximum Gasteiger partial charge on any atom is 0.305 e. The van der Waals surface area contributed by atoms with Crippen molar-refractivity contribution in [1.82, 2.24) is 4.72 Å². The first-order valence-electron chi connectivity index (χ1n) is 5.56. The van der Waals surface area contributed by atoms with E-state index in [2.05, 4.69) is 16.4 Å². The Bertz CT molecular complexity index is 287. The molecule has 0 unspecified atom stereocenters. The normalized spacial score (nSPS) is 11.4. The number of rotatable bonds is 9. The number of unbranched alkanes of at least 4 members (excludes halogenated alkanes) is 2. The van der Waals surface area contributed by atoms with E-state index in [0.717, 1.165) is 19.3 Å². The van der Waals surface area contributed by atoms with Crippen LogP contribution in [0, 0.1) is 0 Å². The maximum atomic E-state index is 11.4. The van der Waals surface area contributed by atoms with E-state index in [1.807, 2.05) is 0 Å². The fraction of sp³-hybridized carbons (Fsp3) is 0.900. The summed E-state index contributed by atoms with van der Waals surface area (Å²) in [6.45, 7) is 2.54. The van der Waals surface area contributed by atoms with Crippen molar-refractivity contribution in [3.05, 3.63) is 0 Å². The number of carbonyl (C=O) groups excluding carboxylic acids is 1. The van der Waals surface area contributed by atoms with E-state index in [0.29, 0.717) is 13.0 Å². The second-order valence-electron chi connectivity index (χ2n) is 3.60. The van der Waals surface area contributed by atoms with E-state index < -0.39 is 10.0 Å². The van der Waals surface area contributed by atoms with Gasteiger partial charge in [-0.15, -0.1) is 0 Å². The van der Waals surface area contributed by atoms with Crippen LogP contribution in [0.1, 0.15) is 39.0 Å². The van der Waals surface area contributed by atoms with Crippen molar-refractivity contribution in [3.8, 4) is 0 Å². The van der Waals surface area contributed by atoms with E-state index in [-0.39, 0.29) is 18.1 Å². The number of esters is 1. The van der Waals surface area contributed by atoms with Gasteiger partial charge in [0.25, 0.3) is 0 Å². The van der Waals surface area contributed by atoms with Gasteiger partial charge in [0, 0.05) is 13.0 Å². The molecule has 0 aliphatic heterocycles. The molecule has 0 aromatic carbocycles. The van der Waals surface area contributed by atoms with Gasteiger partial charge in [-0.05, 0) is 12.8 Å². The molecule has 0 radical (unpaired) electrons. The molecule has 6 heteroatoms. The van der Waals surface area contributed by atoms with Crippen molar-refractivity contribution in [3.63, 3.8) is 0 Å². The average molecular weight is 251 g/mol. The van der Waals surface area contributed by atoms with Crippen LogP contribution in [0.3, 0.4) is 0 Å². The van der Waals surface area contributed by atoms with Crippen LogP contribution in [0.15, 0.2) is 0 Å². The molecule has 0 bridgehead atoms. The minimum absolute atomic E-state index is 0.0196. The van der Waals surface area contributed by atoms with Crippen LogP contribution in [0.4, 0.5) is 0 Å². The highest BCUT2D eigenvalue weighted by Crippen LogP contribution is 1.98. The van der Waals surface area contributed by atoms with Crippen LogP contribution < -0.4 is 4.72 Å². The van der Waals surface area contributed by atoms with Gasteiger partial charge in [0.15, 0.2) is 0 Å². The summed E-state index contributed by atoms with van der Waals surface area (Å²) in [5, 5.41) is 0. The SMILES string of the molecule is CCCCCNS(=O)(=O)CCCC(=O)OC. The quantitative estimate of drug-likeness (QED) is 0.491. The van der Waals surface area contributed by atoms with Gasteiger partial charge in [-0.1, -0.05) is 19.8 Å². The molecule has 0 fully saturated rings. The van der Waals surface area contributed by atoms with Crippen LogP contribution in [0.25, 0.3) is 0 Å². The summed E-state index contributed by atoms with van der Waals surface area (Å²) in [4.78, 5) is 10.8. The molecule has 0 aromatic heterocycles. The number of hydrogen-bond acceptors (Lipinski definition) is 4. The molecule has 16 heavy (non-hydrogen) atoms. The van der Waals surface area contributed by atoms with E-state index in [1.54, 1.807) is 0 Å². The molecule has 0 saturated heterocycles.